The lowest BCUT2D eigenvalue weighted by Gasteiger charge is -2.50. The number of aliphatic carboxylic acids is 1. The highest BCUT2D eigenvalue weighted by atomic mass is 35.5. The van der Waals surface area contributed by atoms with Gasteiger partial charge < -0.3 is 35.7 Å². The molecule has 0 unspecified atom stereocenters. The lowest BCUT2D eigenvalue weighted by molar-refractivity contribution is -0.911. The number of carboxylic acid groups (broad SMARTS) is 1. The normalized spacial score (nSPS) is 20.0. The summed E-state index contributed by atoms with van der Waals surface area (Å²) in [6.07, 6.45) is 1.71. The van der Waals surface area contributed by atoms with Crippen LogP contribution in [0.15, 0.2) is 28.2 Å². The summed E-state index contributed by atoms with van der Waals surface area (Å²) in [7, 11) is 0. The fraction of sp³-hybridized carbons (Fsp3) is 0.452. The first kappa shape index (κ1) is 37.0. The molecule has 0 spiro atoms. The minimum absolute atomic E-state index is 0.0387. The van der Waals surface area contributed by atoms with Gasteiger partial charge in [0.25, 0.3) is 5.91 Å². The minimum atomic E-state index is -1.73. The van der Waals surface area contributed by atoms with Gasteiger partial charge in [-0.05, 0) is 31.2 Å². The number of anilines is 1. The number of benzene rings is 1. The van der Waals surface area contributed by atoms with E-state index in [-0.39, 0.29) is 45.3 Å². The largest absolute Gasteiger partial charge is 0.504 e. The summed E-state index contributed by atoms with van der Waals surface area (Å²) in [5.41, 5.74) is 5.42. The Morgan fingerprint density at radius 3 is 2.65 bits per heavy atom. The van der Waals surface area contributed by atoms with Gasteiger partial charge in [0.15, 0.2) is 28.1 Å². The molecule has 52 heavy (non-hydrogen) atoms. The molecule has 18 nitrogen and oxygen atoms in total. The van der Waals surface area contributed by atoms with Gasteiger partial charge >= 0.3 is 5.97 Å². The number of likely N-dealkylation sites (tertiary alicyclic amines) is 1. The second-order valence-corrected chi connectivity index (χ2v) is 15.5. The van der Waals surface area contributed by atoms with Crippen LogP contribution in [-0.4, -0.2) is 129 Å². The zero-order chi connectivity index (χ0) is 37.4. The van der Waals surface area contributed by atoms with Crippen molar-refractivity contribution in [3.63, 3.8) is 0 Å². The third-order valence-electron chi connectivity index (χ3n) is 9.28. The number of aromatic hydroxyl groups is 2. The van der Waals surface area contributed by atoms with Crippen molar-refractivity contribution in [2.75, 3.05) is 44.2 Å². The van der Waals surface area contributed by atoms with Crippen LogP contribution in [-0.2, 0) is 19.2 Å². The number of nitrogen functional groups attached to an aromatic ring is 1. The molecule has 1 aromatic carbocycles. The number of halogens is 1. The quantitative estimate of drug-likeness (QED) is 0.0449. The van der Waals surface area contributed by atoms with Crippen molar-refractivity contribution in [2.24, 2.45) is 11.1 Å². The number of carbonyl (C=O) groups is 4. The maximum absolute atomic E-state index is 13.9. The van der Waals surface area contributed by atoms with Crippen LogP contribution in [0, 0.1) is 5.92 Å². The van der Waals surface area contributed by atoms with Gasteiger partial charge in [-0.15, -0.1) is 33.3 Å². The van der Waals surface area contributed by atoms with E-state index in [1.54, 1.807) is 4.90 Å². The molecule has 2 saturated heterocycles. The Kier molecular flexibility index (Phi) is 10.4. The summed E-state index contributed by atoms with van der Waals surface area (Å²) in [4.78, 5) is 63.0. The highest BCUT2D eigenvalue weighted by Gasteiger charge is 2.54. The monoisotopic (exact) mass is 775 g/mol. The van der Waals surface area contributed by atoms with Crippen LogP contribution >= 0.6 is 34.7 Å². The number of carbonyl (C=O) groups excluding carboxylic acids is 3. The van der Waals surface area contributed by atoms with E-state index in [1.807, 2.05) is 0 Å². The van der Waals surface area contributed by atoms with E-state index in [9.17, 15) is 34.5 Å². The van der Waals surface area contributed by atoms with Crippen LogP contribution < -0.4 is 11.1 Å². The van der Waals surface area contributed by atoms with Crippen molar-refractivity contribution in [2.45, 2.75) is 44.1 Å². The summed E-state index contributed by atoms with van der Waals surface area (Å²) < 4.78 is 0.629. The molecular weight excluding hydrogens is 740 g/mol. The Bertz CT molecular complexity index is 1960. The summed E-state index contributed by atoms with van der Waals surface area (Å²) in [5, 5.41) is 51.5. The third kappa shape index (κ3) is 7.28. The van der Waals surface area contributed by atoms with Gasteiger partial charge in [0.2, 0.25) is 17.3 Å². The molecule has 5 heterocycles. The third-order valence-corrected chi connectivity index (χ3v) is 11.7. The van der Waals surface area contributed by atoms with Gasteiger partial charge in [-0.2, -0.15) is 5.21 Å². The van der Waals surface area contributed by atoms with Crippen molar-refractivity contribution in [3.8, 4) is 11.5 Å². The average molecular weight is 776 g/mol. The van der Waals surface area contributed by atoms with Gasteiger partial charge in [-0.25, -0.2) is 9.78 Å². The molecule has 2 atom stereocenters. The molecule has 3 aliphatic rings. The number of fused-ring (bicyclic) bond motifs is 1. The van der Waals surface area contributed by atoms with Crippen molar-refractivity contribution in [3.05, 3.63) is 45.2 Å². The molecular formula is C31H36ClN10O8S2+. The zero-order valence-electron chi connectivity index (χ0n) is 28.0. The van der Waals surface area contributed by atoms with E-state index in [0.717, 1.165) is 42.8 Å². The second kappa shape index (κ2) is 14.7. The topological polar surface area (TPSA) is 259 Å². The Morgan fingerprint density at radius 2 is 2.00 bits per heavy atom. The molecule has 0 aliphatic carbocycles. The summed E-state index contributed by atoms with van der Waals surface area (Å²) >= 11 is 8.68. The first-order valence-corrected chi connectivity index (χ1v) is 18.5. The number of tetrazole rings is 1. The first-order valence-electron chi connectivity index (χ1n) is 16.2. The van der Waals surface area contributed by atoms with E-state index in [0.29, 0.717) is 35.6 Å². The zero-order valence-corrected chi connectivity index (χ0v) is 30.4. The standard InChI is InChI=1S/C31H35ClN10O8S2/c1-31(2,29(48)49)50-38-22(18-14-52-30(33)35-18)20(44)11-17-27(47)41-23(25-36-39-40-37-25)15(13-51-28(17)41)12-42(8-3-4-9-42)10-7-34-26(46)16-5-6-19(43)24(45)21(16)32/h5-6,14,17,28H,3-4,7-13H2,1-2H3,(H6-,33,34,35,36,37,38,39,40,43,44,45,46,48,49)/p+1/t17-,28-/m1/s1. The van der Waals surface area contributed by atoms with E-state index in [4.69, 9.17) is 22.2 Å². The Balaban J connectivity index is 1.19. The number of aromatic nitrogens is 5. The maximum atomic E-state index is 13.9. The molecule has 2 amide bonds. The number of rotatable bonds is 14. The Morgan fingerprint density at radius 1 is 1.25 bits per heavy atom. The molecule has 2 aromatic heterocycles. The number of amides is 2. The number of oxime groups is 1. The first-order chi connectivity index (χ1) is 24.7. The van der Waals surface area contributed by atoms with Crippen molar-refractivity contribution in [1.82, 2.24) is 35.8 Å². The number of nitrogens with zero attached hydrogens (tertiary/aromatic N) is 7. The van der Waals surface area contributed by atoms with Crippen LogP contribution in [0.4, 0.5) is 5.13 Å². The van der Waals surface area contributed by atoms with Gasteiger partial charge in [-0.1, -0.05) is 16.8 Å². The Labute approximate surface area is 309 Å². The average Bonchev–Trinajstić information content (AvgIpc) is 3.90. The number of nitrogens with two attached hydrogens (primary N) is 1. The number of H-pyrrole nitrogens is 1. The molecule has 3 aliphatic heterocycles. The number of hydrogen-bond donors (Lipinski definition) is 6. The molecule has 21 heteroatoms. The predicted molar refractivity (Wildman–Crippen MR) is 189 cm³/mol. The number of Topliss-reactive ketones (excluding diaryl/α,β-unsaturated/α-hetero) is 1. The van der Waals surface area contributed by atoms with Gasteiger partial charge in [0.1, 0.15) is 12.2 Å². The van der Waals surface area contributed by atoms with Crippen LogP contribution in [0.2, 0.25) is 5.02 Å². The summed E-state index contributed by atoms with van der Waals surface area (Å²) in [6.45, 7) is 5.66. The van der Waals surface area contributed by atoms with Crippen molar-refractivity contribution in [1.29, 1.82) is 0 Å². The van der Waals surface area contributed by atoms with E-state index in [2.05, 4.69) is 36.1 Å². The smallest absolute Gasteiger partial charge is 0.350 e. The molecule has 7 N–H and O–H groups in total. The number of β-lactam (4-membered cyclic amide) rings is 1. The van der Waals surface area contributed by atoms with E-state index in [1.165, 1.54) is 43.1 Å². The van der Waals surface area contributed by atoms with Crippen LogP contribution in [0.25, 0.3) is 5.70 Å². The lowest BCUT2D eigenvalue weighted by Crippen LogP contribution is -2.61. The molecule has 0 saturated carbocycles. The number of phenols is 2. The number of thioether (sulfide) groups is 1. The number of carboxylic acids is 1. The molecule has 276 valence electrons. The number of phenolic OH excluding ortho intramolecular Hbond substituents is 2. The highest BCUT2D eigenvalue weighted by molar-refractivity contribution is 8.00. The summed E-state index contributed by atoms with van der Waals surface area (Å²) in [5.74, 6) is -3.62. The number of nitrogens with one attached hydrogen (secondary N) is 2. The number of quaternary nitrogens is 1. The van der Waals surface area contributed by atoms with Crippen LogP contribution in [0.1, 0.15) is 55.0 Å². The number of hydrogen-bond acceptors (Lipinski definition) is 15. The Hall–Kier alpha value is -4.79. The van der Waals surface area contributed by atoms with Crippen LogP contribution in [0.5, 0.6) is 11.5 Å². The fourth-order valence-electron chi connectivity index (χ4n) is 6.45. The fourth-order valence-corrected chi connectivity index (χ4v) is 8.65. The minimum Gasteiger partial charge on any atom is -0.504 e. The lowest BCUT2D eigenvalue weighted by atomic mass is 9.89. The number of thiazole rings is 1. The van der Waals surface area contributed by atoms with Crippen molar-refractivity contribution >= 4 is 74.8 Å². The molecule has 0 radical (unpaired) electrons. The second-order valence-electron chi connectivity index (χ2n) is 13.2. The SMILES string of the molecule is CC(C)(O/N=C(\C(=O)C[C@@H]1C(=O)N2C(c3nn[nH]n3)=C(C[N+]3(CCNC(=O)c4ccc(O)c(O)c4Cl)CCCC3)CS[C@H]12)c1csc(N)n1)C(=O)O. The van der Waals surface area contributed by atoms with Crippen molar-refractivity contribution < 1.29 is 43.8 Å². The maximum Gasteiger partial charge on any atom is 0.350 e. The molecule has 3 aromatic rings. The molecule has 6 rings (SSSR count). The van der Waals surface area contributed by atoms with Gasteiger partial charge in [0, 0.05) is 36.0 Å². The highest BCUT2D eigenvalue weighted by Crippen LogP contribution is 2.48. The molecule has 0 bridgehead atoms. The van der Waals surface area contributed by atoms with Crippen LogP contribution in [0.3, 0.4) is 0 Å². The van der Waals surface area contributed by atoms with Gasteiger partial charge in [0.05, 0.1) is 53.8 Å². The summed E-state index contributed by atoms with van der Waals surface area (Å²) in [6, 6.07) is 2.54. The predicted octanol–water partition coefficient (Wildman–Crippen LogP) is 1.83. The van der Waals surface area contributed by atoms with E-state index >= 15 is 0 Å². The number of aromatic amines is 1. The molecule has 2 fully saturated rings. The number of ketones is 1. The van der Waals surface area contributed by atoms with E-state index < -0.39 is 46.1 Å². The van der Waals surface area contributed by atoms with Gasteiger partial charge in [-0.3, -0.25) is 19.3 Å².